The third-order valence-corrected chi connectivity index (χ3v) is 4.48. The molecular formula is C25H21FN2O2. The van der Waals surface area contributed by atoms with E-state index < -0.39 is 5.91 Å². The Labute approximate surface area is 175 Å². The highest BCUT2D eigenvalue weighted by molar-refractivity contribution is 6.09. The molecule has 0 aliphatic heterocycles. The summed E-state index contributed by atoms with van der Waals surface area (Å²) in [5.41, 5.74) is 4.13. The number of carbonyl (C=O) groups excluding carboxylic acids is 1. The van der Waals surface area contributed by atoms with E-state index in [1.807, 2.05) is 38.1 Å². The van der Waals surface area contributed by atoms with E-state index in [1.54, 1.807) is 36.4 Å². The summed E-state index contributed by atoms with van der Waals surface area (Å²) in [5.74, 6) is -0.162. The number of hydrogen-bond acceptors (Lipinski definition) is 3. The predicted octanol–water partition coefficient (Wildman–Crippen LogP) is 5.57. The fourth-order valence-corrected chi connectivity index (χ4v) is 2.91. The maximum atomic E-state index is 13.2. The van der Waals surface area contributed by atoms with Gasteiger partial charge in [0, 0.05) is 5.69 Å². The number of nitrogens with one attached hydrogen (secondary N) is 1. The Morgan fingerprint density at radius 3 is 2.53 bits per heavy atom. The zero-order valence-corrected chi connectivity index (χ0v) is 16.8. The number of benzene rings is 3. The van der Waals surface area contributed by atoms with Gasteiger partial charge in [-0.1, -0.05) is 42.0 Å². The van der Waals surface area contributed by atoms with Gasteiger partial charge in [0.15, 0.2) is 0 Å². The van der Waals surface area contributed by atoms with Gasteiger partial charge >= 0.3 is 0 Å². The van der Waals surface area contributed by atoms with Crippen molar-refractivity contribution < 1.29 is 13.9 Å². The predicted molar refractivity (Wildman–Crippen MR) is 115 cm³/mol. The molecule has 1 N–H and O–H groups in total. The summed E-state index contributed by atoms with van der Waals surface area (Å²) in [6, 6.07) is 20.8. The standard InChI is InChI=1S/C25H21FN2O2/c1-17-6-11-24(18(2)12-17)28-25(29)21(15-27)13-19-7-9-23(10-8-19)30-16-20-4-3-5-22(26)14-20/h3-14H,16H2,1-2H3,(H,28,29)/b21-13+. The van der Waals surface area contributed by atoms with Gasteiger partial charge in [-0.25, -0.2) is 4.39 Å². The quantitative estimate of drug-likeness (QED) is 0.435. The van der Waals surface area contributed by atoms with E-state index in [1.165, 1.54) is 18.2 Å². The van der Waals surface area contributed by atoms with E-state index in [0.717, 1.165) is 16.7 Å². The first-order chi connectivity index (χ1) is 14.4. The van der Waals surface area contributed by atoms with Crippen LogP contribution in [0.25, 0.3) is 6.08 Å². The molecule has 3 aromatic carbocycles. The smallest absolute Gasteiger partial charge is 0.266 e. The molecule has 5 heteroatoms. The third kappa shape index (κ3) is 5.55. The van der Waals surface area contributed by atoms with Gasteiger partial charge in [-0.2, -0.15) is 5.26 Å². The van der Waals surface area contributed by atoms with Crippen LogP contribution in [0.15, 0.2) is 72.3 Å². The molecule has 0 aliphatic carbocycles. The fourth-order valence-electron chi connectivity index (χ4n) is 2.91. The Bertz CT molecular complexity index is 1130. The van der Waals surface area contributed by atoms with Gasteiger partial charge in [0.05, 0.1) is 0 Å². The van der Waals surface area contributed by atoms with Crippen LogP contribution in [0.1, 0.15) is 22.3 Å². The number of carbonyl (C=O) groups is 1. The van der Waals surface area contributed by atoms with Crippen LogP contribution in [-0.4, -0.2) is 5.91 Å². The minimum Gasteiger partial charge on any atom is -0.489 e. The number of rotatable bonds is 6. The molecule has 1 amide bonds. The third-order valence-electron chi connectivity index (χ3n) is 4.48. The molecule has 0 fully saturated rings. The van der Waals surface area contributed by atoms with Crippen LogP contribution in [0.3, 0.4) is 0 Å². The summed E-state index contributed by atoms with van der Waals surface area (Å²) in [4.78, 5) is 12.5. The van der Waals surface area contributed by atoms with Crippen molar-refractivity contribution in [2.45, 2.75) is 20.5 Å². The van der Waals surface area contributed by atoms with Crippen molar-refractivity contribution in [2.24, 2.45) is 0 Å². The largest absolute Gasteiger partial charge is 0.489 e. The van der Waals surface area contributed by atoms with E-state index in [0.29, 0.717) is 17.0 Å². The first-order valence-corrected chi connectivity index (χ1v) is 9.42. The van der Waals surface area contributed by atoms with Crippen molar-refractivity contribution in [2.75, 3.05) is 5.32 Å². The first-order valence-electron chi connectivity index (χ1n) is 9.42. The van der Waals surface area contributed by atoms with E-state index >= 15 is 0 Å². The molecule has 0 radical (unpaired) electrons. The molecule has 0 heterocycles. The number of ether oxygens (including phenoxy) is 1. The van der Waals surface area contributed by atoms with Gasteiger partial charge in [0.25, 0.3) is 5.91 Å². The van der Waals surface area contributed by atoms with Crippen LogP contribution in [-0.2, 0) is 11.4 Å². The van der Waals surface area contributed by atoms with Crippen LogP contribution in [0.5, 0.6) is 5.75 Å². The number of halogens is 1. The molecular weight excluding hydrogens is 379 g/mol. The molecule has 0 saturated heterocycles. The van der Waals surface area contributed by atoms with Crippen molar-refractivity contribution in [3.05, 3.63) is 100 Å². The lowest BCUT2D eigenvalue weighted by Crippen LogP contribution is -2.14. The van der Waals surface area contributed by atoms with E-state index in [-0.39, 0.29) is 18.0 Å². The lowest BCUT2D eigenvalue weighted by atomic mass is 10.1. The highest BCUT2D eigenvalue weighted by Crippen LogP contribution is 2.19. The van der Waals surface area contributed by atoms with Gasteiger partial charge in [0.1, 0.15) is 29.8 Å². The van der Waals surface area contributed by atoms with Gasteiger partial charge in [-0.15, -0.1) is 0 Å². The average molecular weight is 400 g/mol. The summed E-state index contributed by atoms with van der Waals surface area (Å²) in [6.45, 7) is 4.13. The van der Waals surface area contributed by atoms with Crippen molar-refractivity contribution in [1.29, 1.82) is 5.26 Å². The summed E-state index contributed by atoms with van der Waals surface area (Å²) >= 11 is 0. The Morgan fingerprint density at radius 1 is 1.10 bits per heavy atom. The molecule has 0 spiro atoms. The molecule has 3 rings (SSSR count). The Balaban J connectivity index is 1.66. The molecule has 4 nitrogen and oxygen atoms in total. The average Bonchev–Trinajstić information content (AvgIpc) is 2.73. The van der Waals surface area contributed by atoms with Crippen LogP contribution >= 0.6 is 0 Å². The van der Waals surface area contributed by atoms with Gasteiger partial charge in [-0.3, -0.25) is 4.79 Å². The fraction of sp³-hybridized carbons (Fsp3) is 0.120. The van der Waals surface area contributed by atoms with Gasteiger partial charge in [0.2, 0.25) is 0 Å². The number of amides is 1. The molecule has 0 unspecified atom stereocenters. The molecule has 0 bridgehead atoms. The highest BCUT2D eigenvalue weighted by Gasteiger charge is 2.11. The molecule has 150 valence electrons. The van der Waals surface area contributed by atoms with E-state index in [2.05, 4.69) is 5.32 Å². The Hall–Kier alpha value is -3.91. The lowest BCUT2D eigenvalue weighted by Gasteiger charge is -2.09. The van der Waals surface area contributed by atoms with E-state index in [4.69, 9.17) is 4.74 Å². The molecule has 0 saturated carbocycles. The number of aryl methyl sites for hydroxylation is 2. The van der Waals surface area contributed by atoms with Crippen LogP contribution < -0.4 is 10.1 Å². The number of hydrogen-bond donors (Lipinski definition) is 1. The van der Waals surface area contributed by atoms with Gasteiger partial charge < -0.3 is 10.1 Å². The highest BCUT2D eigenvalue weighted by atomic mass is 19.1. The van der Waals surface area contributed by atoms with Crippen molar-refractivity contribution in [3.8, 4) is 11.8 Å². The summed E-state index contributed by atoms with van der Waals surface area (Å²) in [6.07, 6.45) is 1.52. The number of nitriles is 1. The SMILES string of the molecule is Cc1ccc(NC(=O)/C(C#N)=C/c2ccc(OCc3cccc(F)c3)cc2)c(C)c1. The molecule has 0 aliphatic rings. The molecule has 30 heavy (non-hydrogen) atoms. The molecule has 3 aromatic rings. The number of nitrogens with zero attached hydrogens (tertiary/aromatic N) is 1. The summed E-state index contributed by atoms with van der Waals surface area (Å²) < 4.78 is 18.9. The first kappa shape index (κ1) is 20.8. The Kier molecular flexibility index (Phi) is 6.61. The maximum absolute atomic E-state index is 13.2. The zero-order chi connectivity index (χ0) is 21.5. The van der Waals surface area contributed by atoms with Crippen molar-refractivity contribution in [1.82, 2.24) is 0 Å². The van der Waals surface area contributed by atoms with Crippen LogP contribution in [0.2, 0.25) is 0 Å². The van der Waals surface area contributed by atoms with Crippen molar-refractivity contribution >= 4 is 17.7 Å². The minimum atomic E-state index is -0.462. The lowest BCUT2D eigenvalue weighted by molar-refractivity contribution is -0.112. The van der Waals surface area contributed by atoms with Gasteiger partial charge in [-0.05, 0) is 66.9 Å². The Morgan fingerprint density at radius 2 is 1.87 bits per heavy atom. The summed E-state index contributed by atoms with van der Waals surface area (Å²) in [5, 5.41) is 12.2. The second kappa shape index (κ2) is 9.53. The maximum Gasteiger partial charge on any atom is 0.266 e. The van der Waals surface area contributed by atoms with Crippen molar-refractivity contribution in [3.63, 3.8) is 0 Å². The van der Waals surface area contributed by atoms with Crippen LogP contribution in [0, 0.1) is 31.0 Å². The van der Waals surface area contributed by atoms with E-state index in [9.17, 15) is 14.4 Å². The minimum absolute atomic E-state index is 0.00315. The monoisotopic (exact) mass is 400 g/mol. The topological polar surface area (TPSA) is 62.1 Å². The molecule has 0 atom stereocenters. The summed E-state index contributed by atoms with van der Waals surface area (Å²) in [7, 11) is 0. The zero-order valence-electron chi connectivity index (χ0n) is 16.8. The molecule has 0 aromatic heterocycles. The van der Waals surface area contributed by atoms with Crippen LogP contribution in [0.4, 0.5) is 10.1 Å². The number of anilines is 1. The second-order valence-corrected chi connectivity index (χ2v) is 6.93. The normalized spacial score (nSPS) is 10.9. The second-order valence-electron chi connectivity index (χ2n) is 6.93.